The van der Waals surface area contributed by atoms with Gasteiger partial charge in [0.25, 0.3) is 11.7 Å². The number of phenols is 1. The van der Waals surface area contributed by atoms with E-state index in [1.54, 1.807) is 13.0 Å². The van der Waals surface area contributed by atoms with E-state index in [0.29, 0.717) is 22.9 Å². The van der Waals surface area contributed by atoms with Crippen LogP contribution in [0.1, 0.15) is 24.1 Å². The molecule has 1 amide bonds. The van der Waals surface area contributed by atoms with Crippen LogP contribution >= 0.6 is 11.6 Å². The largest absolute Gasteiger partial charge is 0.507 e. The molecule has 32 heavy (non-hydrogen) atoms. The molecule has 3 rings (SSSR count). The summed E-state index contributed by atoms with van der Waals surface area (Å²) < 4.78 is 15.6. The molecule has 0 aliphatic carbocycles. The fourth-order valence-electron chi connectivity index (χ4n) is 3.60. The van der Waals surface area contributed by atoms with E-state index in [-0.39, 0.29) is 41.5 Å². The molecule has 2 N–H and O–H groups in total. The Balaban J connectivity index is 2.18. The number of aliphatic hydroxyl groups excluding tert-OH is 1. The van der Waals surface area contributed by atoms with E-state index in [2.05, 4.69) is 0 Å². The van der Waals surface area contributed by atoms with Crippen LogP contribution in [0.25, 0.3) is 5.76 Å². The predicted molar refractivity (Wildman–Crippen MR) is 118 cm³/mol. The number of aromatic hydroxyl groups is 1. The molecule has 8 nitrogen and oxygen atoms in total. The van der Waals surface area contributed by atoms with Crippen molar-refractivity contribution in [3.63, 3.8) is 0 Å². The summed E-state index contributed by atoms with van der Waals surface area (Å²) in [7, 11) is 2.89. The summed E-state index contributed by atoms with van der Waals surface area (Å²) in [6, 6.07) is 8.18. The van der Waals surface area contributed by atoms with Crippen LogP contribution in [0.4, 0.5) is 0 Å². The second kappa shape index (κ2) is 9.93. The molecule has 0 radical (unpaired) electrons. The minimum absolute atomic E-state index is 0.111. The van der Waals surface area contributed by atoms with Crippen molar-refractivity contribution >= 4 is 29.1 Å². The van der Waals surface area contributed by atoms with Crippen molar-refractivity contribution in [1.29, 1.82) is 0 Å². The van der Waals surface area contributed by atoms with Crippen LogP contribution in [0.2, 0.25) is 5.02 Å². The lowest BCUT2D eigenvalue weighted by Gasteiger charge is -2.25. The van der Waals surface area contributed by atoms with Gasteiger partial charge in [-0.3, -0.25) is 9.59 Å². The maximum atomic E-state index is 13.0. The van der Waals surface area contributed by atoms with Crippen LogP contribution in [-0.2, 0) is 14.3 Å². The van der Waals surface area contributed by atoms with E-state index in [1.165, 1.54) is 49.5 Å². The van der Waals surface area contributed by atoms with Gasteiger partial charge in [0.2, 0.25) is 0 Å². The van der Waals surface area contributed by atoms with Crippen LogP contribution < -0.4 is 9.47 Å². The molecule has 1 saturated heterocycles. The van der Waals surface area contributed by atoms with E-state index in [9.17, 15) is 19.8 Å². The Hall–Kier alpha value is -3.23. The number of hydrogen-bond donors (Lipinski definition) is 2. The first kappa shape index (κ1) is 23.4. The number of rotatable bonds is 8. The molecule has 9 heteroatoms. The lowest BCUT2D eigenvalue weighted by Crippen LogP contribution is -2.32. The number of methoxy groups -OCH3 is 2. The molecule has 2 aromatic rings. The molecule has 0 bridgehead atoms. The molecular weight excluding hydrogens is 438 g/mol. The molecule has 1 aliphatic rings. The molecule has 0 saturated carbocycles. The zero-order valence-corrected chi connectivity index (χ0v) is 18.7. The number of ether oxygens (including phenoxy) is 3. The number of ketones is 1. The number of amides is 1. The van der Waals surface area contributed by atoms with E-state index < -0.39 is 17.7 Å². The maximum Gasteiger partial charge on any atom is 0.295 e. The summed E-state index contributed by atoms with van der Waals surface area (Å²) >= 11 is 6.14. The van der Waals surface area contributed by atoms with Crippen LogP contribution in [0, 0.1) is 0 Å². The smallest absolute Gasteiger partial charge is 0.295 e. The van der Waals surface area contributed by atoms with Crippen molar-refractivity contribution in [3.8, 4) is 17.2 Å². The second-order valence-corrected chi connectivity index (χ2v) is 7.40. The zero-order chi connectivity index (χ0) is 23.4. The Labute approximate surface area is 190 Å². The number of phenolic OH excluding ortho intramolecular Hbond substituents is 1. The maximum absolute atomic E-state index is 13.0. The molecule has 1 fully saturated rings. The molecule has 1 atom stereocenters. The number of nitrogens with zero attached hydrogens (tertiary/aromatic N) is 1. The highest BCUT2D eigenvalue weighted by molar-refractivity contribution is 6.46. The van der Waals surface area contributed by atoms with E-state index >= 15 is 0 Å². The third-order valence-electron chi connectivity index (χ3n) is 5.10. The quantitative estimate of drug-likeness (QED) is 0.352. The highest BCUT2D eigenvalue weighted by Gasteiger charge is 2.46. The minimum atomic E-state index is -0.937. The van der Waals surface area contributed by atoms with Crippen LogP contribution in [0.3, 0.4) is 0 Å². The van der Waals surface area contributed by atoms with Gasteiger partial charge in [0.1, 0.15) is 11.5 Å². The first-order valence-electron chi connectivity index (χ1n) is 9.91. The average molecular weight is 462 g/mol. The van der Waals surface area contributed by atoms with Gasteiger partial charge in [0.05, 0.1) is 37.0 Å². The number of aliphatic hydroxyl groups is 1. The van der Waals surface area contributed by atoms with Gasteiger partial charge in [-0.15, -0.1) is 0 Å². The van der Waals surface area contributed by atoms with Crippen LogP contribution in [0.5, 0.6) is 17.2 Å². The van der Waals surface area contributed by atoms with Gasteiger partial charge in [-0.1, -0.05) is 17.7 Å². The number of carbonyl (C=O) groups is 2. The molecule has 170 valence electrons. The highest BCUT2D eigenvalue weighted by atomic mass is 35.5. The Morgan fingerprint density at radius 3 is 2.50 bits per heavy atom. The van der Waals surface area contributed by atoms with Gasteiger partial charge < -0.3 is 29.3 Å². The first-order chi connectivity index (χ1) is 15.3. The zero-order valence-electron chi connectivity index (χ0n) is 17.9. The number of halogens is 1. The van der Waals surface area contributed by atoms with Crippen molar-refractivity contribution in [2.75, 3.05) is 34.0 Å². The topological polar surface area (TPSA) is 106 Å². The van der Waals surface area contributed by atoms with Gasteiger partial charge in [-0.2, -0.15) is 0 Å². The number of likely N-dealkylation sites (tertiary alicyclic amines) is 1. The Morgan fingerprint density at radius 1 is 1.12 bits per heavy atom. The third-order valence-corrected chi connectivity index (χ3v) is 5.41. The monoisotopic (exact) mass is 461 g/mol. The third kappa shape index (κ3) is 4.37. The Morgan fingerprint density at radius 2 is 1.88 bits per heavy atom. The van der Waals surface area contributed by atoms with Gasteiger partial charge in [0, 0.05) is 19.2 Å². The normalized spacial score (nSPS) is 17.6. The number of Topliss-reactive ketones (excluding diaryl/α,β-unsaturated/α-hetero) is 1. The van der Waals surface area contributed by atoms with Crippen LogP contribution in [0.15, 0.2) is 42.0 Å². The molecule has 1 heterocycles. The van der Waals surface area contributed by atoms with Crippen molar-refractivity contribution in [2.45, 2.75) is 13.0 Å². The number of benzene rings is 2. The SMILES string of the molecule is CCOc1cc(/C(O)=C2/C(=O)C(=O)N(CCOC)C2c2ccc(OC)c(O)c2)ccc1Cl. The first-order valence-corrected chi connectivity index (χ1v) is 10.3. The van der Waals surface area contributed by atoms with Gasteiger partial charge in [-0.25, -0.2) is 0 Å². The summed E-state index contributed by atoms with van der Waals surface area (Å²) in [5.74, 6) is -1.57. The molecule has 0 spiro atoms. The average Bonchev–Trinajstić information content (AvgIpc) is 3.03. The van der Waals surface area contributed by atoms with E-state index in [1.807, 2.05) is 0 Å². The number of hydrogen-bond acceptors (Lipinski definition) is 7. The van der Waals surface area contributed by atoms with Crippen LogP contribution in [-0.4, -0.2) is 60.8 Å². The molecular formula is C23H24ClNO7. The minimum Gasteiger partial charge on any atom is -0.507 e. The van der Waals surface area contributed by atoms with Gasteiger partial charge in [0.15, 0.2) is 11.5 Å². The Bertz CT molecular complexity index is 1070. The van der Waals surface area contributed by atoms with Gasteiger partial charge in [-0.05, 0) is 42.8 Å². The van der Waals surface area contributed by atoms with Crippen molar-refractivity contribution in [3.05, 3.63) is 58.1 Å². The summed E-state index contributed by atoms with van der Waals surface area (Å²) in [4.78, 5) is 27.1. The summed E-state index contributed by atoms with van der Waals surface area (Å²) in [6.07, 6.45) is 0. The predicted octanol–water partition coefficient (Wildman–Crippen LogP) is 3.52. The van der Waals surface area contributed by atoms with Crippen molar-refractivity contribution in [1.82, 2.24) is 4.90 Å². The summed E-state index contributed by atoms with van der Waals surface area (Å²) in [5, 5.41) is 21.7. The van der Waals surface area contributed by atoms with E-state index in [4.69, 9.17) is 25.8 Å². The summed E-state index contributed by atoms with van der Waals surface area (Å²) in [6.45, 7) is 2.44. The fourth-order valence-corrected chi connectivity index (χ4v) is 3.77. The van der Waals surface area contributed by atoms with E-state index in [0.717, 1.165) is 0 Å². The highest BCUT2D eigenvalue weighted by Crippen LogP contribution is 2.42. The summed E-state index contributed by atoms with van der Waals surface area (Å²) in [5.41, 5.74) is 0.588. The standard InChI is InChI=1S/C23H24ClNO7/c1-4-32-18-12-14(5-7-15(18)24)21(27)19-20(13-6-8-17(31-3)16(26)11-13)25(9-10-30-2)23(29)22(19)28/h5-8,11-12,20,26-27H,4,9-10H2,1-3H3/b21-19-. The van der Waals surface area contributed by atoms with Crippen molar-refractivity contribution in [2.24, 2.45) is 0 Å². The second-order valence-electron chi connectivity index (χ2n) is 6.99. The number of carbonyl (C=O) groups excluding carboxylic acids is 2. The fraction of sp³-hybridized carbons (Fsp3) is 0.304. The molecule has 0 aromatic heterocycles. The lowest BCUT2D eigenvalue weighted by atomic mass is 9.95. The van der Waals surface area contributed by atoms with Gasteiger partial charge >= 0.3 is 0 Å². The Kier molecular flexibility index (Phi) is 7.27. The molecule has 2 aromatic carbocycles. The lowest BCUT2D eigenvalue weighted by molar-refractivity contribution is -0.140. The van der Waals surface area contributed by atoms with Crippen molar-refractivity contribution < 1.29 is 34.0 Å². The molecule has 1 unspecified atom stereocenters. The molecule has 1 aliphatic heterocycles.